The fraction of sp³-hybridized carbons (Fsp3) is 0.579. The molecule has 1 aromatic carbocycles. The van der Waals surface area contributed by atoms with E-state index in [4.69, 9.17) is 9.47 Å². The predicted octanol–water partition coefficient (Wildman–Crippen LogP) is 1.46. The number of hydrogen-bond acceptors (Lipinski definition) is 4. The molecule has 2 heterocycles. The summed E-state index contributed by atoms with van der Waals surface area (Å²) in [6.07, 6.45) is 3.25. The molecule has 2 aliphatic heterocycles. The van der Waals surface area contributed by atoms with Crippen molar-refractivity contribution in [1.82, 2.24) is 10.2 Å². The molecule has 6 heteroatoms. The van der Waals surface area contributed by atoms with Gasteiger partial charge in [-0.15, -0.1) is 0 Å². The molecule has 0 aromatic heterocycles. The van der Waals surface area contributed by atoms with Crippen LogP contribution in [0.5, 0.6) is 5.75 Å². The third-order valence-electron chi connectivity index (χ3n) is 5.06. The van der Waals surface area contributed by atoms with Gasteiger partial charge in [0.15, 0.2) is 6.61 Å². The summed E-state index contributed by atoms with van der Waals surface area (Å²) in [4.78, 5) is 26.0. The Balaban J connectivity index is 1.35. The standard InChI is InChI=1S/C19H26N2O4/c22-18(14-25-17-4-2-1-3-5-17)20-12-19(23)21-9-6-16(13-21)15-7-10-24-11-8-15/h1-5,15-16H,6-14H2,(H,20,22)/t16-/m1/s1. The van der Waals surface area contributed by atoms with Crippen LogP contribution in [-0.4, -0.2) is 56.2 Å². The van der Waals surface area contributed by atoms with Crippen molar-refractivity contribution in [2.45, 2.75) is 19.3 Å². The van der Waals surface area contributed by atoms with Crippen molar-refractivity contribution in [3.8, 4) is 5.75 Å². The Kier molecular flexibility index (Phi) is 6.28. The molecule has 3 rings (SSSR count). The van der Waals surface area contributed by atoms with Crippen molar-refractivity contribution in [3.63, 3.8) is 0 Å². The number of carbonyl (C=O) groups excluding carboxylic acids is 2. The van der Waals surface area contributed by atoms with Crippen LogP contribution in [0.3, 0.4) is 0 Å². The molecule has 1 atom stereocenters. The topological polar surface area (TPSA) is 67.9 Å². The molecule has 136 valence electrons. The van der Waals surface area contributed by atoms with E-state index in [9.17, 15) is 9.59 Å². The Morgan fingerprint density at radius 2 is 1.88 bits per heavy atom. The van der Waals surface area contributed by atoms with E-state index in [0.29, 0.717) is 17.6 Å². The molecular weight excluding hydrogens is 320 g/mol. The number of benzene rings is 1. The summed E-state index contributed by atoms with van der Waals surface area (Å²) >= 11 is 0. The lowest BCUT2D eigenvalue weighted by molar-refractivity contribution is -0.132. The molecular formula is C19H26N2O4. The molecule has 25 heavy (non-hydrogen) atoms. The molecule has 1 N–H and O–H groups in total. The zero-order valence-electron chi connectivity index (χ0n) is 14.5. The maximum Gasteiger partial charge on any atom is 0.258 e. The predicted molar refractivity (Wildman–Crippen MR) is 93.2 cm³/mol. The van der Waals surface area contributed by atoms with Crippen LogP contribution in [0.2, 0.25) is 0 Å². The van der Waals surface area contributed by atoms with Gasteiger partial charge in [0, 0.05) is 26.3 Å². The number of para-hydroxylation sites is 1. The largest absolute Gasteiger partial charge is 0.484 e. The van der Waals surface area contributed by atoms with Gasteiger partial charge in [-0.2, -0.15) is 0 Å². The monoisotopic (exact) mass is 346 g/mol. The normalized spacial score (nSPS) is 21.1. The van der Waals surface area contributed by atoms with E-state index in [1.807, 2.05) is 23.1 Å². The minimum Gasteiger partial charge on any atom is -0.484 e. The van der Waals surface area contributed by atoms with Gasteiger partial charge in [0.1, 0.15) is 5.75 Å². The van der Waals surface area contributed by atoms with Gasteiger partial charge in [0.05, 0.1) is 6.54 Å². The Hall–Kier alpha value is -2.08. The average Bonchev–Trinajstić information content (AvgIpc) is 3.16. The van der Waals surface area contributed by atoms with Gasteiger partial charge in [0.25, 0.3) is 5.91 Å². The van der Waals surface area contributed by atoms with Gasteiger partial charge in [-0.05, 0) is 43.2 Å². The minimum absolute atomic E-state index is 0.0115. The molecule has 0 unspecified atom stereocenters. The second-order valence-corrected chi connectivity index (χ2v) is 6.72. The highest BCUT2D eigenvalue weighted by Crippen LogP contribution is 2.31. The lowest BCUT2D eigenvalue weighted by atomic mass is 9.85. The lowest BCUT2D eigenvalue weighted by Crippen LogP contribution is -2.41. The number of carbonyl (C=O) groups is 2. The second-order valence-electron chi connectivity index (χ2n) is 6.72. The summed E-state index contributed by atoms with van der Waals surface area (Å²) in [6.45, 7) is 3.23. The van der Waals surface area contributed by atoms with Crippen LogP contribution in [-0.2, 0) is 14.3 Å². The Bertz CT molecular complexity index is 572. The molecule has 1 aromatic rings. The number of rotatable bonds is 6. The van der Waals surface area contributed by atoms with Crippen LogP contribution in [0.4, 0.5) is 0 Å². The van der Waals surface area contributed by atoms with Crippen molar-refractivity contribution < 1.29 is 19.1 Å². The highest BCUT2D eigenvalue weighted by atomic mass is 16.5. The van der Waals surface area contributed by atoms with Crippen molar-refractivity contribution in [2.75, 3.05) is 39.5 Å². The smallest absolute Gasteiger partial charge is 0.258 e. The van der Waals surface area contributed by atoms with E-state index in [0.717, 1.165) is 45.6 Å². The SMILES string of the molecule is O=C(COc1ccccc1)NCC(=O)N1CC[C@@H](C2CCOCC2)C1. The van der Waals surface area contributed by atoms with E-state index in [2.05, 4.69) is 5.32 Å². The fourth-order valence-electron chi connectivity index (χ4n) is 3.59. The maximum atomic E-state index is 12.3. The molecule has 2 fully saturated rings. The minimum atomic E-state index is -0.280. The number of likely N-dealkylation sites (tertiary alicyclic amines) is 1. The molecule has 2 aliphatic rings. The zero-order valence-corrected chi connectivity index (χ0v) is 14.5. The summed E-state index contributed by atoms with van der Waals surface area (Å²) in [6, 6.07) is 9.16. The summed E-state index contributed by atoms with van der Waals surface area (Å²) in [5, 5.41) is 2.65. The molecule has 2 amide bonds. The first-order valence-electron chi connectivity index (χ1n) is 9.02. The third kappa shape index (κ3) is 5.19. The number of nitrogens with one attached hydrogen (secondary N) is 1. The van der Waals surface area contributed by atoms with Crippen molar-refractivity contribution in [3.05, 3.63) is 30.3 Å². The van der Waals surface area contributed by atoms with Gasteiger partial charge >= 0.3 is 0 Å². The molecule has 0 aliphatic carbocycles. The third-order valence-corrected chi connectivity index (χ3v) is 5.06. The Morgan fingerprint density at radius 1 is 1.12 bits per heavy atom. The van der Waals surface area contributed by atoms with Gasteiger partial charge in [-0.25, -0.2) is 0 Å². The van der Waals surface area contributed by atoms with Crippen LogP contribution >= 0.6 is 0 Å². The van der Waals surface area contributed by atoms with Gasteiger partial charge in [-0.3, -0.25) is 9.59 Å². The summed E-state index contributed by atoms with van der Waals surface area (Å²) in [5.74, 6) is 1.59. The van der Waals surface area contributed by atoms with Crippen LogP contribution in [0.15, 0.2) is 30.3 Å². The van der Waals surface area contributed by atoms with Crippen molar-refractivity contribution in [1.29, 1.82) is 0 Å². The van der Waals surface area contributed by atoms with Crippen molar-refractivity contribution >= 4 is 11.8 Å². The first-order chi connectivity index (χ1) is 12.2. The van der Waals surface area contributed by atoms with Crippen molar-refractivity contribution in [2.24, 2.45) is 11.8 Å². The molecule has 0 radical (unpaired) electrons. The summed E-state index contributed by atoms with van der Waals surface area (Å²) in [7, 11) is 0. The van der Waals surface area contributed by atoms with E-state index in [1.54, 1.807) is 12.1 Å². The van der Waals surface area contributed by atoms with Gasteiger partial charge in [0.2, 0.25) is 5.91 Å². The van der Waals surface area contributed by atoms with Gasteiger partial charge < -0.3 is 19.7 Å². The number of nitrogens with zero attached hydrogens (tertiary/aromatic N) is 1. The first-order valence-corrected chi connectivity index (χ1v) is 9.02. The second kappa shape index (κ2) is 8.85. The molecule has 6 nitrogen and oxygen atoms in total. The van der Waals surface area contributed by atoms with Crippen LogP contribution in [0.1, 0.15) is 19.3 Å². The van der Waals surface area contributed by atoms with Gasteiger partial charge in [-0.1, -0.05) is 18.2 Å². The van der Waals surface area contributed by atoms with Crippen LogP contribution < -0.4 is 10.1 Å². The van der Waals surface area contributed by atoms with E-state index in [-0.39, 0.29) is 25.0 Å². The quantitative estimate of drug-likeness (QED) is 0.847. The summed E-state index contributed by atoms with van der Waals surface area (Å²) < 4.78 is 10.8. The number of hydrogen-bond donors (Lipinski definition) is 1. The number of ether oxygens (including phenoxy) is 2. The van der Waals surface area contributed by atoms with Crippen LogP contribution in [0.25, 0.3) is 0 Å². The maximum absolute atomic E-state index is 12.3. The molecule has 0 saturated carbocycles. The number of amides is 2. The Labute approximate surface area is 148 Å². The molecule has 0 spiro atoms. The van der Waals surface area contributed by atoms with E-state index < -0.39 is 0 Å². The highest BCUT2D eigenvalue weighted by Gasteiger charge is 2.32. The lowest BCUT2D eigenvalue weighted by Gasteiger charge is -2.27. The zero-order chi connectivity index (χ0) is 17.5. The highest BCUT2D eigenvalue weighted by molar-refractivity contribution is 5.85. The van der Waals surface area contributed by atoms with E-state index in [1.165, 1.54) is 0 Å². The Morgan fingerprint density at radius 3 is 2.64 bits per heavy atom. The fourth-order valence-corrected chi connectivity index (χ4v) is 3.59. The average molecular weight is 346 g/mol. The molecule has 2 saturated heterocycles. The first kappa shape index (κ1) is 17.7. The van der Waals surface area contributed by atoms with E-state index >= 15 is 0 Å². The molecule has 0 bridgehead atoms. The van der Waals surface area contributed by atoms with Crippen LogP contribution in [0, 0.1) is 11.8 Å². The summed E-state index contributed by atoms with van der Waals surface area (Å²) in [5.41, 5.74) is 0.